The topological polar surface area (TPSA) is 89.8 Å². The molecule has 4 heterocycles. The van der Waals surface area contributed by atoms with E-state index in [9.17, 15) is 13.2 Å². The van der Waals surface area contributed by atoms with E-state index in [1.165, 1.54) is 19.5 Å². The molecule has 1 saturated heterocycles. The second-order valence-corrected chi connectivity index (χ2v) is 7.57. The van der Waals surface area contributed by atoms with Gasteiger partial charge in [-0.1, -0.05) is 6.07 Å². The monoisotopic (exact) mass is 348 g/mol. The Labute approximate surface area is 138 Å². The first-order valence-corrected chi connectivity index (χ1v) is 9.13. The Bertz CT molecular complexity index is 1040. The molecule has 1 fully saturated rings. The van der Waals surface area contributed by atoms with Gasteiger partial charge in [-0.25, -0.2) is 17.9 Å². The van der Waals surface area contributed by atoms with Crippen LogP contribution in [0.25, 0.3) is 5.65 Å². The largest absolute Gasteiger partial charge is 0.446 e. The summed E-state index contributed by atoms with van der Waals surface area (Å²) in [6.07, 6.45) is 3.36. The molecule has 0 amide bonds. The summed E-state index contributed by atoms with van der Waals surface area (Å²) in [4.78, 5) is 12.2. The van der Waals surface area contributed by atoms with Gasteiger partial charge in [-0.2, -0.15) is 4.31 Å². The fourth-order valence-electron chi connectivity index (χ4n) is 2.86. The maximum atomic E-state index is 12.5. The molecule has 24 heavy (non-hydrogen) atoms. The first kappa shape index (κ1) is 15.2. The molecule has 1 aliphatic heterocycles. The highest BCUT2D eigenvalue weighted by molar-refractivity contribution is 7.89. The van der Waals surface area contributed by atoms with Gasteiger partial charge < -0.3 is 4.42 Å². The first-order valence-electron chi connectivity index (χ1n) is 7.69. The number of hydrogen-bond donors (Lipinski definition) is 0. The van der Waals surface area contributed by atoms with Crippen molar-refractivity contribution < 1.29 is 12.8 Å². The van der Waals surface area contributed by atoms with Gasteiger partial charge in [-0.05, 0) is 37.1 Å². The van der Waals surface area contributed by atoms with E-state index in [1.807, 2.05) is 0 Å². The highest BCUT2D eigenvalue weighted by atomic mass is 32.2. The molecule has 0 aromatic carbocycles. The Balaban J connectivity index is 1.63. The van der Waals surface area contributed by atoms with Gasteiger partial charge in [0.25, 0.3) is 10.0 Å². The quantitative estimate of drug-likeness (QED) is 0.699. The van der Waals surface area contributed by atoms with Crippen LogP contribution in [0, 0.1) is 0 Å². The number of rotatable bonds is 4. The van der Waals surface area contributed by atoms with E-state index in [2.05, 4.69) is 5.10 Å². The van der Waals surface area contributed by atoms with Crippen molar-refractivity contribution in [2.75, 3.05) is 13.1 Å². The third-order valence-electron chi connectivity index (χ3n) is 4.09. The van der Waals surface area contributed by atoms with Gasteiger partial charge in [-0.15, -0.1) is 5.10 Å². The van der Waals surface area contributed by atoms with Crippen LogP contribution >= 0.6 is 0 Å². The zero-order valence-electron chi connectivity index (χ0n) is 12.8. The molecule has 0 radical (unpaired) electrons. The first-order chi connectivity index (χ1) is 11.6. The maximum absolute atomic E-state index is 12.5. The molecule has 0 N–H and O–H groups in total. The maximum Gasteiger partial charge on any atom is 0.350 e. The molecule has 0 saturated carbocycles. The number of sulfonamides is 1. The standard InChI is InChI=1S/C15H16N4O4S/c20-15-18-10-2-1-5-13(18)16-19(15)11-12-6-7-14(23-12)24(21,22)17-8-3-4-9-17/h1-2,5-7,10H,3-4,8-9,11H2. The van der Waals surface area contributed by atoms with Gasteiger partial charge in [0, 0.05) is 19.3 Å². The van der Waals surface area contributed by atoms with E-state index in [0.717, 1.165) is 12.8 Å². The van der Waals surface area contributed by atoms with Crippen LogP contribution in [0.2, 0.25) is 0 Å². The van der Waals surface area contributed by atoms with Gasteiger partial charge in [0.1, 0.15) is 12.3 Å². The molecule has 4 rings (SSSR count). The third-order valence-corrected chi connectivity index (χ3v) is 5.86. The van der Waals surface area contributed by atoms with Crippen molar-refractivity contribution in [1.29, 1.82) is 0 Å². The summed E-state index contributed by atoms with van der Waals surface area (Å²) in [5.41, 5.74) is 0.227. The molecule has 0 aliphatic carbocycles. The predicted octanol–water partition coefficient (Wildman–Crippen LogP) is 0.922. The van der Waals surface area contributed by atoms with Crippen LogP contribution in [-0.4, -0.2) is 40.0 Å². The number of hydrogen-bond acceptors (Lipinski definition) is 5. The Morgan fingerprint density at radius 2 is 1.92 bits per heavy atom. The van der Waals surface area contributed by atoms with Crippen LogP contribution in [0.5, 0.6) is 0 Å². The molecular weight excluding hydrogens is 332 g/mol. The average molecular weight is 348 g/mol. The Morgan fingerprint density at radius 1 is 1.12 bits per heavy atom. The summed E-state index contributed by atoms with van der Waals surface area (Å²) in [5.74, 6) is 0.373. The SMILES string of the molecule is O=c1n(Cc2ccc(S(=O)(=O)N3CCCC3)o2)nc2ccccn12. The number of aromatic nitrogens is 3. The fraction of sp³-hybridized carbons (Fsp3) is 0.333. The summed E-state index contributed by atoms with van der Waals surface area (Å²) in [7, 11) is -3.59. The third kappa shape index (κ3) is 2.45. The van der Waals surface area contributed by atoms with E-state index < -0.39 is 10.0 Å². The lowest BCUT2D eigenvalue weighted by Crippen LogP contribution is -2.27. The molecule has 8 nitrogen and oxygen atoms in total. The lowest BCUT2D eigenvalue weighted by atomic mass is 10.4. The Kier molecular flexibility index (Phi) is 3.54. The number of fused-ring (bicyclic) bond motifs is 1. The summed E-state index contributed by atoms with van der Waals surface area (Å²) < 4.78 is 34.5. The summed E-state index contributed by atoms with van der Waals surface area (Å²) >= 11 is 0. The molecule has 1 aliphatic rings. The average Bonchev–Trinajstić information content (AvgIpc) is 3.30. The molecule has 0 unspecified atom stereocenters. The zero-order chi connectivity index (χ0) is 16.7. The van der Waals surface area contributed by atoms with Crippen LogP contribution in [-0.2, 0) is 16.6 Å². The van der Waals surface area contributed by atoms with Gasteiger partial charge >= 0.3 is 5.69 Å². The molecule has 126 valence electrons. The van der Waals surface area contributed by atoms with Gasteiger partial charge in [0.05, 0.1) is 0 Å². The second kappa shape index (κ2) is 5.60. The summed E-state index contributed by atoms with van der Waals surface area (Å²) in [6.45, 7) is 1.12. The number of nitrogens with zero attached hydrogens (tertiary/aromatic N) is 4. The molecule has 0 atom stereocenters. The highest BCUT2D eigenvalue weighted by Crippen LogP contribution is 2.22. The molecular formula is C15H16N4O4S. The van der Waals surface area contributed by atoms with Crippen molar-refractivity contribution in [3.05, 3.63) is 52.8 Å². The fourth-order valence-corrected chi connectivity index (χ4v) is 4.30. The van der Waals surface area contributed by atoms with Crippen molar-refractivity contribution in [3.8, 4) is 0 Å². The molecule has 9 heteroatoms. The predicted molar refractivity (Wildman–Crippen MR) is 85.3 cm³/mol. The Hall–Kier alpha value is -2.39. The minimum atomic E-state index is -3.59. The number of pyridine rings is 1. The van der Waals surface area contributed by atoms with E-state index in [4.69, 9.17) is 4.42 Å². The summed E-state index contributed by atoms with van der Waals surface area (Å²) in [5, 5.41) is 4.12. The van der Waals surface area contributed by atoms with Crippen molar-refractivity contribution in [3.63, 3.8) is 0 Å². The minimum absolute atomic E-state index is 0.0794. The van der Waals surface area contributed by atoms with Crippen molar-refractivity contribution in [2.24, 2.45) is 0 Å². The van der Waals surface area contributed by atoms with Crippen LogP contribution in [0.15, 0.2) is 50.8 Å². The van der Waals surface area contributed by atoms with Gasteiger partial charge in [-0.3, -0.25) is 4.40 Å². The lowest BCUT2D eigenvalue weighted by molar-refractivity contribution is 0.378. The van der Waals surface area contributed by atoms with E-state index in [-0.39, 0.29) is 17.3 Å². The second-order valence-electron chi connectivity index (χ2n) is 5.70. The summed E-state index contributed by atoms with van der Waals surface area (Å²) in [6, 6.07) is 8.26. The lowest BCUT2D eigenvalue weighted by Gasteiger charge is -2.12. The Morgan fingerprint density at radius 3 is 2.67 bits per heavy atom. The van der Waals surface area contributed by atoms with Crippen molar-refractivity contribution >= 4 is 15.7 Å². The number of furan rings is 1. The van der Waals surface area contributed by atoms with E-state index >= 15 is 0 Å². The highest BCUT2D eigenvalue weighted by Gasteiger charge is 2.30. The van der Waals surface area contributed by atoms with E-state index in [0.29, 0.717) is 24.5 Å². The molecule has 0 spiro atoms. The van der Waals surface area contributed by atoms with Crippen LogP contribution < -0.4 is 5.69 Å². The van der Waals surface area contributed by atoms with Crippen LogP contribution in [0.1, 0.15) is 18.6 Å². The molecule has 3 aromatic heterocycles. The van der Waals surface area contributed by atoms with E-state index in [1.54, 1.807) is 30.5 Å². The van der Waals surface area contributed by atoms with Gasteiger partial charge in [0.15, 0.2) is 5.65 Å². The zero-order valence-corrected chi connectivity index (χ0v) is 13.6. The van der Waals surface area contributed by atoms with Crippen molar-refractivity contribution in [1.82, 2.24) is 18.5 Å². The van der Waals surface area contributed by atoms with Crippen LogP contribution in [0.3, 0.4) is 0 Å². The smallest absolute Gasteiger partial charge is 0.350 e. The molecule has 3 aromatic rings. The molecule has 0 bridgehead atoms. The van der Waals surface area contributed by atoms with Gasteiger partial charge in [0.2, 0.25) is 5.09 Å². The normalized spacial score (nSPS) is 16.2. The minimum Gasteiger partial charge on any atom is -0.446 e. The van der Waals surface area contributed by atoms with Crippen molar-refractivity contribution in [2.45, 2.75) is 24.5 Å². The van der Waals surface area contributed by atoms with Crippen LogP contribution in [0.4, 0.5) is 0 Å².